The van der Waals surface area contributed by atoms with Crippen molar-refractivity contribution < 1.29 is 9.59 Å². The molecule has 0 aromatic heterocycles. The topological polar surface area (TPSA) is 64.7 Å². The number of benzene rings is 2. The van der Waals surface area contributed by atoms with Crippen LogP contribution in [0.15, 0.2) is 48.5 Å². The first-order valence-corrected chi connectivity index (χ1v) is 13.3. The van der Waals surface area contributed by atoms with Gasteiger partial charge < -0.3 is 20.4 Å². The van der Waals surface area contributed by atoms with E-state index in [4.69, 9.17) is 23.2 Å². The number of likely N-dealkylation sites (tertiary alicyclic amines) is 2. The second-order valence-electron chi connectivity index (χ2n) is 9.67. The molecule has 2 aliphatic heterocycles. The van der Waals surface area contributed by atoms with Crippen molar-refractivity contribution >= 4 is 46.6 Å². The predicted octanol–water partition coefficient (Wildman–Crippen LogP) is 7.35. The molecule has 2 aromatic carbocycles. The van der Waals surface area contributed by atoms with Gasteiger partial charge in [0.15, 0.2) is 0 Å². The summed E-state index contributed by atoms with van der Waals surface area (Å²) in [6, 6.07) is 14.4. The number of carbonyl (C=O) groups excluding carboxylic acids is 2. The molecule has 6 nitrogen and oxygen atoms in total. The maximum atomic E-state index is 12.5. The first kappa shape index (κ1) is 25.6. The summed E-state index contributed by atoms with van der Waals surface area (Å²) in [6.45, 7) is 3.21. The number of anilines is 2. The van der Waals surface area contributed by atoms with Gasteiger partial charge in [0.25, 0.3) is 0 Å². The Hall–Kier alpha value is -2.44. The third-order valence-corrected chi connectivity index (χ3v) is 7.65. The summed E-state index contributed by atoms with van der Waals surface area (Å²) in [5.74, 6) is 1.38. The summed E-state index contributed by atoms with van der Waals surface area (Å²) in [7, 11) is 0. The zero-order valence-corrected chi connectivity index (χ0v) is 21.5. The molecule has 2 heterocycles. The minimum absolute atomic E-state index is 0.0446. The van der Waals surface area contributed by atoms with Crippen LogP contribution in [0.25, 0.3) is 0 Å². The number of rotatable bonds is 6. The Morgan fingerprint density at radius 1 is 0.714 bits per heavy atom. The number of nitrogens with one attached hydrogen (secondary N) is 2. The molecule has 0 saturated carbocycles. The summed E-state index contributed by atoms with van der Waals surface area (Å²) in [6.07, 6.45) is 7.91. The summed E-state index contributed by atoms with van der Waals surface area (Å²) >= 11 is 12.0. The van der Waals surface area contributed by atoms with Gasteiger partial charge in [-0.2, -0.15) is 0 Å². The fourth-order valence-corrected chi connectivity index (χ4v) is 5.46. The van der Waals surface area contributed by atoms with Crippen molar-refractivity contribution in [3.63, 3.8) is 0 Å². The Labute approximate surface area is 217 Å². The zero-order valence-electron chi connectivity index (χ0n) is 20.0. The van der Waals surface area contributed by atoms with Gasteiger partial charge in [0, 0.05) is 47.6 Å². The van der Waals surface area contributed by atoms with E-state index < -0.39 is 0 Å². The number of piperidine rings is 2. The number of hydrogen-bond acceptors (Lipinski definition) is 2. The molecular weight excluding hydrogens is 483 g/mol. The van der Waals surface area contributed by atoms with Crippen LogP contribution in [0, 0.1) is 11.8 Å². The highest BCUT2D eigenvalue weighted by molar-refractivity contribution is 6.31. The van der Waals surface area contributed by atoms with Crippen LogP contribution in [0.4, 0.5) is 21.0 Å². The van der Waals surface area contributed by atoms with Crippen molar-refractivity contribution in [1.82, 2.24) is 9.80 Å². The number of nitrogens with zero attached hydrogens (tertiary/aromatic N) is 2. The third kappa shape index (κ3) is 7.77. The highest BCUT2D eigenvalue weighted by Gasteiger charge is 2.25. The Morgan fingerprint density at radius 2 is 1.11 bits per heavy atom. The van der Waals surface area contributed by atoms with Gasteiger partial charge in [-0.25, -0.2) is 9.59 Å². The second kappa shape index (κ2) is 12.5. The SMILES string of the molecule is O=C(Nc1cccc(Cl)c1)N1CCC(CCCC2CCN(C(=O)Nc3cccc(Cl)c3)CC2)CC1. The predicted molar refractivity (Wildman–Crippen MR) is 143 cm³/mol. The van der Waals surface area contributed by atoms with Crippen LogP contribution in [0.1, 0.15) is 44.9 Å². The number of urea groups is 2. The number of halogens is 2. The van der Waals surface area contributed by atoms with Crippen molar-refractivity contribution in [3.8, 4) is 0 Å². The summed E-state index contributed by atoms with van der Waals surface area (Å²) in [5, 5.41) is 7.13. The molecule has 35 heavy (non-hydrogen) atoms. The van der Waals surface area contributed by atoms with Gasteiger partial charge in [-0.15, -0.1) is 0 Å². The molecule has 0 atom stereocenters. The lowest BCUT2D eigenvalue weighted by molar-refractivity contribution is 0.170. The molecule has 0 spiro atoms. The molecule has 0 aliphatic carbocycles. The number of amides is 4. The van der Waals surface area contributed by atoms with Crippen LogP contribution in [0.3, 0.4) is 0 Å². The molecule has 2 aromatic rings. The van der Waals surface area contributed by atoms with Crippen LogP contribution in [-0.4, -0.2) is 48.0 Å². The molecule has 0 unspecified atom stereocenters. The normalized spacial score (nSPS) is 17.3. The van der Waals surface area contributed by atoms with E-state index in [1.165, 1.54) is 19.3 Å². The Bertz CT molecular complexity index is 923. The van der Waals surface area contributed by atoms with Gasteiger partial charge in [-0.3, -0.25) is 0 Å². The largest absolute Gasteiger partial charge is 0.325 e. The van der Waals surface area contributed by atoms with Gasteiger partial charge in [-0.05, 0) is 73.9 Å². The lowest BCUT2D eigenvalue weighted by atomic mass is 9.87. The average Bonchev–Trinajstić information content (AvgIpc) is 2.85. The van der Waals surface area contributed by atoms with Gasteiger partial charge in [0.2, 0.25) is 0 Å². The molecule has 2 N–H and O–H groups in total. The standard InChI is InChI=1S/C27H34Cl2N4O2/c28-22-6-2-8-24(18-22)30-26(34)32-14-10-20(11-15-32)4-1-5-21-12-16-33(17-13-21)27(35)31-25-9-3-7-23(29)19-25/h2-3,6-9,18-21H,1,4-5,10-17H2,(H,30,34)(H,31,35). The minimum atomic E-state index is -0.0446. The summed E-state index contributed by atoms with van der Waals surface area (Å²) in [5.41, 5.74) is 1.47. The fraction of sp³-hybridized carbons (Fsp3) is 0.481. The highest BCUT2D eigenvalue weighted by atomic mass is 35.5. The van der Waals surface area contributed by atoms with Gasteiger partial charge in [-0.1, -0.05) is 54.6 Å². The molecular formula is C27H34Cl2N4O2. The average molecular weight is 518 g/mol. The Balaban J connectivity index is 1.09. The van der Waals surface area contributed by atoms with Crippen LogP contribution < -0.4 is 10.6 Å². The maximum Gasteiger partial charge on any atom is 0.321 e. The molecule has 2 saturated heterocycles. The zero-order chi connectivity index (χ0) is 24.6. The molecule has 0 bridgehead atoms. The molecule has 4 rings (SSSR count). The first-order valence-electron chi connectivity index (χ1n) is 12.6. The van der Waals surface area contributed by atoms with E-state index in [1.807, 2.05) is 34.1 Å². The van der Waals surface area contributed by atoms with Crippen molar-refractivity contribution in [3.05, 3.63) is 58.6 Å². The molecule has 8 heteroatoms. The van der Waals surface area contributed by atoms with E-state index in [9.17, 15) is 9.59 Å². The van der Waals surface area contributed by atoms with Crippen LogP contribution in [0.2, 0.25) is 10.0 Å². The van der Waals surface area contributed by atoms with Crippen LogP contribution >= 0.6 is 23.2 Å². The van der Waals surface area contributed by atoms with E-state index >= 15 is 0 Å². The maximum absolute atomic E-state index is 12.5. The van der Waals surface area contributed by atoms with Crippen molar-refractivity contribution in [2.75, 3.05) is 36.8 Å². The fourth-order valence-electron chi connectivity index (χ4n) is 5.08. The second-order valence-corrected chi connectivity index (χ2v) is 10.5. The lowest BCUT2D eigenvalue weighted by Crippen LogP contribution is -2.41. The van der Waals surface area contributed by atoms with Crippen molar-refractivity contribution in [2.45, 2.75) is 44.9 Å². The van der Waals surface area contributed by atoms with Crippen molar-refractivity contribution in [2.24, 2.45) is 11.8 Å². The highest BCUT2D eigenvalue weighted by Crippen LogP contribution is 2.28. The van der Waals surface area contributed by atoms with E-state index in [1.54, 1.807) is 24.3 Å². The van der Waals surface area contributed by atoms with Crippen LogP contribution in [-0.2, 0) is 0 Å². The van der Waals surface area contributed by atoms with Gasteiger partial charge >= 0.3 is 12.1 Å². The van der Waals surface area contributed by atoms with Crippen LogP contribution in [0.5, 0.6) is 0 Å². The third-order valence-electron chi connectivity index (χ3n) is 7.18. The first-order chi connectivity index (χ1) is 17.0. The number of carbonyl (C=O) groups is 2. The van der Waals surface area contributed by atoms with Gasteiger partial charge in [0.1, 0.15) is 0 Å². The van der Waals surface area contributed by atoms with Crippen molar-refractivity contribution in [1.29, 1.82) is 0 Å². The quantitative estimate of drug-likeness (QED) is 0.421. The molecule has 0 radical (unpaired) electrons. The minimum Gasteiger partial charge on any atom is -0.325 e. The molecule has 4 amide bonds. The van der Waals surface area contributed by atoms with Gasteiger partial charge in [0.05, 0.1) is 0 Å². The van der Waals surface area contributed by atoms with E-state index in [-0.39, 0.29) is 12.1 Å². The molecule has 188 valence electrons. The Kier molecular flexibility index (Phi) is 9.16. The Morgan fingerprint density at radius 3 is 1.49 bits per heavy atom. The van der Waals surface area contributed by atoms with E-state index in [0.29, 0.717) is 21.9 Å². The molecule has 2 aliphatic rings. The summed E-state index contributed by atoms with van der Waals surface area (Å²) in [4.78, 5) is 28.9. The van der Waals surface area contributed by atoms with E-state index in [0.717, 1.165) is 63.2 Å². The molecule has 2 fully saturated rings. The monoisotopic (exact) mass is 516 g/mol. The summed E-state index contributed by atoms with van der Waals surface area (Å²) < 4.78 is 0. The lowest BCUT2D eigenvalue weighted by Gasteiger charge is -2.33. The van der Waals surface area contributed by atoms with E-state index in [2.05, 4.69) is 10.6 Å². The number of hydrogen-bond donors (Lipinski definition) is 2. The smallest absolute Gasteiger partial charge is 0.321 e.